The predicted molar refractivity (Wildman–Crippen MR) is 91.9 cm³/mol. The SMILES string of the molecule is COc1cccc(C(=S)N(CCn2cc(C(=O)O)nn2)OC)c1OC. The van der Waals surface area contributed by atoms with E-state index in [-0.39, 0.29) is 5.69 Å². The zero-order chi connectivity index (χ0) is 18.4. The first-order valence-corrected chi connectivity index (χ1v) is 7.63. The van der Waals surface area contributed by atoms with Crippen molar-refractivity contribution in [2.45, 2.75) is 6.54 Å². The number of para-hydroxylation sites is 1. The van der Waals surface area contributed by atoms with E-state index < -0.39 is 5.97 Å². The molecule has 0 fully saturated rings. The van der Waals surface area contributed by atoms with Crippen LogP contribution in [0.1, 0.15) is 16.1 Å². The normalized spacial score (nSPS) is 10.4. The molecule has 0 saturated heterocycles. The first-order chi connectivity index (χ1) is 12.0. The van der Waals surface area contributed by atoms with E-state index in [1.807, 2.05) is 0 Å². The summed E-state index contributed by atoms with van der Waals surface area (Å²) < 4.78 is 12.1. The lowest BCUT2D eigenvalue weighted by molar-refractivity contribution is -0.0642. The summed E-state index contributed by atoms with van der Waals surface area (Å²) in [4.78, 5) is 16.6. The highest BCUT2D eigenvalue weighted by Gasteiger charge is 2.19. The maximum atomic E-state index is 10.8. The Morgan fingerprint density at radius 2 is 2.08 bits per heavy atom. The van der Waals surface area contributed by atoms with Crippen molar-refractivity contribution in [2.24, 2.45) is 0 Å². The molecule has 0 atom stereocenters. The van der Waals surface area contributed by atoms with Crippen LogP contribution in [0.15, 0.2) is 24.4 Å². The van der Waals surface area contributed by atoms with Crippen molar-refractivity contribution in [1.29, 1.82) is 0 Å². The summed E-state index contributed by atoms with van der Waals surface area (Å²) in [6, 6.07) is 5.37. The number of thiocarbonyl (C=S) groups is 1. The van der Waals surface area contributed by atoms with Crippen molar-refractivity contribution in [3.63, 3.8) is 0 Å². The molecule has 2 aromatic rings. The van der Waals surface area contributed by atoms with E-state index in [1.165, 1.54) is 30.2 Å². The Balaban J connectivity index is 2.14. The van der Waals surface area contributed by atoms with Crippen LogP contribution in [0, 0.1) is 0 Å². The topological polar surface area (TPSA) is 98.9 Å². The summed E-state index contributed by atoms with van der Waals surface area (Å²) in [7, 11) is 4.57. The smallest absolute Gasteiger partial charge is 0.358 e. The van der Waals surface area contributed by atoms with Crippen molar-refractivity contribution >= 4 is 23.2 Å². The molecule has 0 aliphatic heterocycles. The number of carboxylic acid groups (broad SMARTS) is 1. The van der Waals surface area contributed by atoms with E-state index in [1.54, 1.807) is 25.3 Å². The number of hydroxylamine groups is 2. The Labute approximate surface area is 149 Å². The number of rotatable bonds is 8. The van der Waals surface area contributed by atoms with Crippen molar-refractivity contribution in [3.05, 3.63) is 35.7 Å². The fourth-order valence-electron chi connectivity index (χ4n) is 2.16. The molecular formula is C15H18N4O5S. The minimum Gasteiger partial charge on any atom is -0.493 e. The first kappa shape index (κ1) is 18.6. The molecule has 9 nitrogen and oxygen atoms in total. The van der Waals surface area contributed by atoms with Crippen molar-refractivity contribution in [1.82, 2.24) is 20.1 Å². The van der Waals surface area contributed by atoms with Gasteiger partial charge in [-0.05, 0) is 12.1 Å². The highest BCUT2D eigenvalue weighted by molar-refractivity contribution is 7.80. The van der Waals surface area contributed by atoms with Crippen molar-refractivity contribution in [2.75, 3.05) is 27.9 Å². The summed E-state index contributed by atoms with van der Waals surface area (Å²) in [5.41, 5.74) is 0.518. The van der Waals surface area contributed by atoms with E-state index in [4.69, 9.17) is 31.6 Å². The van der Waals surface area contributed by atoms with Gasteiger partial charge < -0.3 is 14.6 Å². The Hall–Kier alpha value is -2.72. The number of carboxylic acids is 1. The number of hydrogen-bond acceptors (Lipinski definition) is 7. The minimum atomic E-state index is -1.13. The van der Waals surface area contributed by atoms with Crippen molar-refractivity contribution in [3.8, 4) is 11.5 Å². The molecule has 0 radical (unpaired) electrons. The Bertz CT molecular complexity index is 764. The van der Waals surface area contributed by atoms with Gasteiger partial charge in [-0.15, -0.1) is 5.10 Å². The van der Waals surface area contributed by atoms with Crippen molar-refractivity contribution < 1.29 is 24.2 Å². The summed E-state index contributed by atoms with van der Waals surface area (Å²) in [5, 5.41) is 17.7. The molecule has 0 aliphatic carbocycles. The number of aromatic nitrogens is 3. The largest absolute Gasteiger partial charge is 0.493 e. The number of carbonyl (C=O) groups is 1. The zero-order valence-corrected chi connectivity index (χ0v) is 14.8. The number of aromatic carboxylic acids is 1. The number of hydrogen-bond donors (Lipinski definition) is 1. The van der Waals surface area contributed by atoms with Gasteiger partial charge in [-0.3, -0.25) is 4.84 Å². The molecule has 0 bridgehead atoms. The lowest BCUT2D eigenvalue weighted by Gasteiger charge is -2.23. The van der Waals surface area contributed by atoms with E-state index in [2.05, 4.69) is 10.3 Å². The molecule has 0 saturated carbocycles. The second kappa shape index (κ2) is 8.40. The maximum Gasteiger partial charge on any atom is 0.358 e. The van der Waals surface area contributed by atoms with Gasteiger partial charge in [0.2, 0.25) is 0 Å². The molecule has 0 amide bonds. The molecule has 0 unspecified atom stereocenters. The third-order valence-electron chi connectivity index (χ3n) is 3.37. The van der Waals surface area contributed by atoms with Gasteiger partial charge in [-0.2, -0.15) is 0 Å². The molecule has 25 heavy (non-hydrogen) atoms. The molecule has 1 N–H and O–H groups in total. The Morgan fingerprint density at radius 1 is 1.32 bits per heavy atom. The van der Waals surface area contributed by atoms with Crippen LogP contribution in [0.2, 0.25) is 0 Å². The molecule has 1 aromatic heterocycles. The Morgan fingerprint density at radius 3 is 2.64 bits per heavy atom. The fourth-order valence-corrected chi connectivity index (χ4v) is 2.49. The Kier molecular flexibility index (Phi) is 6.25. The fraction of sp³-hybridized carbons (Fsp3) is 0.333. The first-order valence-electron chi connectivity index (χ1n) is 7.22. The van der Waals surface area contributed by atoms with Crippen LogP contribution in [-0.2, 0) is 11.4 Å². The van der Waals surface area contributed by atoms with Crippen LogP contribution in [0.25, 0.3) is 0 Å². The monoisotopic (exact) mass is 366 g/mol. The second-order valence-corrected chi connectivity index (χ2v) is 5.19. The number of benzene rings is 1. The molecule has 10 heteroatoms. The maximum absolute atomic E-state index is 10.8. The van der Waals surface area contributed by atoms with E-state index in [0.29, 0.717) is 35.1 Å². The molecule has 134 valence electrons. The van der Waals surface area contributed by atoms with Crippen LogP contribution >= 0.6 is 12.2 Å². The predicted octanol–water partition coefficient (Wildman–Crippen LogP) is 1.23. The van der Waals surface area contributed by atoms with Gasteiger partial charge in [0.1, 0.15) is 4.99 Å². The van der Waals surface area contributed by atoms with Gasteiger partial charge in [0.05, 0.1) is 46.2 Å². The van der Waals surface area contributed by atoms with Gasteiger partial charge in [-0.25, -0.2) is 14.5 Å². The summed E-state index contributed by atoms with van der Waals surface area (Å²) in [6.07, 6.45) is 1.34. The van der Waals surface area contributed by atoms with Gasteiger partial charge >= 0.3 is 5.97 Å². The third kappa shape index (κ3) is 4.22. The second-order valence-electron chi connectivity index (χ2n) is 4.80. The lowest BCUT2D eigenvalue weighted by Crippen LogP contribution is -2.32. The summed E-state index contributed by atoms with van der Waals surface area (Å²) >= 11 is 5.49. The average molecular weight is 366 g/mol. The standard InChI is InChI=1S/C15H18N4O5S/c1-22-12-6-4-5-10(13(12)23-2)14(25)19(24-3)8-7-18-9-11(15(20)21)16-17-18/h4-6,9H,7-8H2,1-3H3,(H,20,21). The van der Waals surface area contributed by atoms with Crippen LogP contribution in [0.4, 0.5) is 0 Å². The number of methoxy groups -OCH3 is 2. The van der Waals surface area contributed by atoms with Crippen LogP contribution in [0.5, 0.6) is 11.5 Å². The van der Waals surface area contributed by atoms with E-state index >= 15 is 0 Å². The third-order valence-corrected chi connectivity index (χ3v) is 3.79. The van der Waals surface area contributed by atoms with Gasteiger partial charge in [0.25, 0.3) is 0 Å². The number of ether oxygens (including phenoxy) is 2. The average Bonchev–Trinajstić information content (AvgIpc) is 3.10. The molecule has 0 spiro atoms. The molecular weight excluding hydrogens is 348 g/mol. The summed E-state index contributed by atoms with van der Waals surface area (Å²) in [5.74, 6) is -0.0711. The minimum absolute atomic E-state index is 0.124. The van der Waals surface area contributed by atoms with E-state index in [9.17, 15) is 4.79 Å². The lowest BCUT2D eigenvalue weighted by atomic mass is 10.1. The zero-order valence-electron chi connectivity index (χ0n) is 14.0. The highest BCUT2D eigenvalue weighted by Crippen LogP contribution is 2.31. The van der Waals surface area contributed by atoms with Gasteiger partial charge in [0.15, 0.2) is 17.2 Å². The highest BCUT2D eigenvalue weighted by atomic mass is 32.1. The van der Waals surface area contributed by atoms with E-state index in [0.717, 1.165) is 0 Å². The quantitative estimate of drug-likeness (QED) is 0.546. The molecule has 0 aliphatic rings. The molecule has 1 heterocycles. The molecule has 2 rings (SSSR count). The van der Waals surface area contributed by atoms with Gasteiger partial charge in [-0.1, -0.05) is 23.5 Å². The number of nitrogens with zero attached hydrogens (tertiary/aromatic N) is 4. The van der Waals surface area contributed by atoms with Crippen LogP contribution in [0.3, 0.4) is 0 Å². The molecule has 1 aromatic carbocycles. The van der Waals surface area contributed by atoms with Crippen LogP contribution in [-0.4, -0.2) is 64.0 Å². The van der Waals surface area contributed by atoms with Gasteiger partial charge in [0, 0.05) is 0 Å². The van der Waals surface area contributed by atoms with Crippen LogP contribution < -0.4 is 9.47 Å². The summed E-state index contributed by atoms with van der Waals surface area (Å²) in [6.45, 7) is 0.665.